The van der Waals surface area contributed by atoms with Crippen molar-refractivity contribution in [2.75, 3.05) is 33.3 Å². The second-order valence-electron chi connectivity index (χ2n) is 4.45. The van der Waals surface area contributed by atoms with Crippen molar-refractivity contribution < 1.29 is 14.3 Å². The monoisotopic (exact) mass is 282 g/mol. The zero-order valence-corrected chi connectivity index (χ0v) is 11.8. The van der Waals surface area contributed by atoms with E-state index < -0.39 is 0 Å². The highest BCUT2D eigenvalue weighted by Gasteiger charge is 2.22. The van der Waals surface area contributed by atoms with Crippen LogP contribution in [-0.2, 0) is 16.0 Å². The fraction of sp³-hybridized carbons (Fsp3) is 0.538. The van der Waals surface area contributed by atoms with Crippen molar-refractivity contribution in [3.05, 3.63) is 22.4 Å². The standard InChI is InChI=1S/C13H18N2O3S/c1-18-13(17)15-6-3-5-14(7-8-15)12(16)10-11-4-2-9-19-11/h2,4,9H,3,5-8,10H2,1H3. The Morgan fingerprint density at radius 1 is 1.26 bits per heavy atom. The smallest absolute Gasteiger partial charge is 0.409 e. The average Bonchev–Trinajstić information content (AvgIpc) is 2.79. The van der Waals surface area contributed by atoms with Crippen LogP contribution in [0, 0.1) is 0 Å². The van der Waals surface area contributed by atoms with Crippen molar-refractivity contribution in [1.29, 1.82) is 0 Å². The SMILES string of the molecule is COC(=O)N1CCCN(C(=O)Cc2cccs2)CC1. The van der Waals surface area contributed by atoms with Crippen LogP contribution in [0.1, 0.15) is 11.3 Å². The highest BCUT2D eigenvalue weighted by atomic mass is 32.1. The van der Waals surface area contributed by atoms with E-state index in [4.69, 9.17) is 4.74 Å². The van der Waals surface area contributed by atoms with E-state index in [0.29, 0.717) is 32.6 Å². The number of hydrogen-bond donors (Lipinski definition) is 0. The molecule has 1 fully saturated rings. The number of amides is 2. The maximum absolute atomic E-state index is 12.2. The molecule has 5 nitrogen and oxygen atoms in total. The van der Waals surface area contributed by atoms with E-state index in [-0.39, 0.29) is 12.0 Å². The largest absolute Gasteiger partial charge is 0.453 e. The van der Waals surface area contributed by atoms with Crippen molar-refractivity contribution in [2.24, 2.45) is 0 Å². The van der Waals surface area contributed by atoms with Crippen LogP contribution >= 0.6 is 11.3 Å². The van der Waals surface area contributed by atoms with Gasteiger partial charge >= 0.3 is 6.09 Å². The van der Waals surface area contributed by atoms with Crippen LogP contribution in [0.2, 0.25) is 0 Å². The van der Waals surface area contributed by atoms with E-state index in [1.165, 1.54) is 7.11 Å². The van der Waals surface area contributed by atoms with Crippen molar-refractivity contribution in [3.8, 4) is 0 Å². The lowest BCUT2D eigenvalue weighted by Crippen LogP contribution is -2.37. The predicted molar refractivity (Wildman–Crippen MR) is 73.2 cm³/mol. The van der Waals surface area contributed by atoms with Crippen molar-refractivity contribution in [3.63, 3.8) is 0 Å². The normalized spacial score (nSPS) is 16.1. The summed E-state index contributed by atoms with van der Waals surface area (Å²) < 4.78 is 4.71. The molecule has 1 aliphatic rings. The number of methoxy groups -OCH3 is 1. The van der Waals surface area contributed by atoms with Gasteiger partial charge < -0.3 is 14.5 Å². The van der Waals surface area contributed by atoms with Gasteiger partial charge in [0, 0.05) is 31.1 Å². The Morgan fingerprint density at radius 3 is 2.68 bits per heavy atom. The van der Waals surface area contributed by atoms with Crippen LogP contribution in [0.4, 0.5) is 4.79 Å². The lowest BCUT2D eigenvalue weighted by molar-refractivity contribution is -0.130. The van der Waals surface area contributed by atoms with Gasteiger partial charge in [-0.15, -0.1) is 11.3 Å². The first-order valence-electron chi connectivity index (χ1n) is 6.34. The number of nitrogens with zero attached hydrogens (tertiary/aromatic N) is 2. The van der Waals surface area contributed by atoms with Gasteiger partial charge in [-0.05, 0) is 17.9 Å². The van der Waals surface area contributed by atoms with Crippen LogP contribution in [0.15, 0.2) is 17.5 Å². The zero-order valence-electron chi connectivity index (χ0n) is 11.0. The highest BCUT2D eigenvalue weighted by molar-refractivity contribution is 7.10. The van der Waals surface area contributed by atoms with E-state index in [1.807, 2.05) is 22.4 Å². The maximum Gasteiger partial charge on any atom is 0.409 e. The molecule has 19 heavy (non-hydrogen) atoms. The first-order valence-corrected chi connectivity index (χ1v) is 7.21. The molecule has 0 aliphatic carbocycles. The molecule has 2 heterocycles. The predicted octanol–water partition coefficient (Wildman–Crippen LogP) is 1.59. The fourth-order valence-corrected chi connectivity index (χ4v) is 2.85. The third kappa shape index (κ3) is 3.70. The van der Waals surface area contributed by atoms with Crippen LogP contribution in [0.25, 0.3) is 0 Å². The molecule has 1 aliphatic heterocycles. The lowest BCUT2D eigenvalue weighted by atomic mass is 10.3. The first kappa shape index (κ1) is 13.9. The quantitative estimate of drug-likeness (QED) is 0.827. The lowest BCUT2D eigenvalue weighted by Gasteiger charge is -2.21. The van der Waals surface area contributed by atoms with Crippen LogP contribution in [0.3, 0.4) is 0 Å². The summed E-state index contributed by atoms with van der Waals surface area (Å²) in [6.45, 7) is 2.48. The Balaban J connectivity index is 1.88. The van der Waals surface area contributed by atoms with Gasteiger partial charge in [0.05, 0.1) is 13.5 Å². The number of rotatable bonds is 2. The summed E-state index contributed by atoms with van der Waals surface area (Å²) in [6, 6.07) is 3.93. The second-order valence-corrected chi connectivity index (χ2v) is 5.48. The summed E-state index contributed by atoms with van der Waals surface area (Å²) in [4.78, 5) is 28.2. The molecule has 0 unspecified atom stereocenters. The molecule has 1 saturated heterocycles. The summed E-state index contributed by atoms with van der Waals surface area (Å²) in [7, 11) is 1.38. The van der Waals surface area contributed by atoms with Gasteiger partial charge in [0.1, 0.15) is 0 Å². The molecule has 0 saturated carbocycles. The number of thiophene rings is 1. The molecule has 0 radical (unpaired) electrons. The minimum atomic E-state index is -0.312. The van der Waals surface area contributed by atoms with Crippen molar-refractivity contribution in [2.45, 2.75) is 12.8 Å². The van der Waals surface area contributed by atoms with Crippen molar-refractivity contribution >= 4 is 23.3 Å². The van der Waals surface area contributed by atoms with Crippen molar-refractivity contribution in [1.82, 2.24) is 9.80 Å². The van der Waals surface area contributed by atoms with Crippen LogP contribution < -0.4 is 0 Å². The van der Waals surface area contributed by atoms with Gasteiger partial charge in [-0.25, -0.2) is 4.79 Å². The number of hydrogen-bond acceptors (Lipinski definition) is 4. The second kappa shape index (κ2) is 6.56. The molecule has 0 N–H and O–H groups in total. The van der Waals surface area contributed by atoms with Gasteiger partial charge in [-0.2, -0.15) is 0 Å². The molecule has 104 valence electrons. The van der Waals surface area contributed by atoms with Gasteiger partial charge in [0.15, 0.2) is 0 Å². The summed E-state index contributed by atoms with van der Waals surface area (Å²) in [6.07, 6.45) is 0.939. The summed E-state index contributed by atoms with van der Waals surface area (Å²) in [5, 5.41) is 1.98. The maximum atomic E-state index is 12.2. The highest BCUT2D eigenvalue weighted by Crippen LogP contribution is 2.12. The van der Waals surface area contributed by atoms with E-state index in [9.17, 15) is 9.59 Å². The third-order valence-electron chi connectivity index (χ3n) is 3.19. The third-order valence-corrected chi connectivity index (χ3v) is 4.06. The van der Waals surface area contributed by atoms with E-state index in [0.717, 1.165) is 11.3 Å². The Morgan fingerprint density at radius 2 is 2.00 bits per heavy atom. The van der Waals surface area contributed by atoms with Gasteiger partial charge in [0.2, 0.25) is 5.91 Å². The molecule has 0 atom stereocenters. The molecule has 1 aromatic rings. The summed E-state index contributed by atoms with van der Waals surface area (Å²) >= 11 is 1.60. The minimum Gasteiger partial charge on any atom is -0.453 e. The molecular formula is C13H18N2O3S. The van der Waals surface area contributed by atoms with Gasteiger partial charge in [-0.3, -0.25) is 4.79 Å². The zero-order chi connectivity index (χ0) is 13.7. The molecule has 2 amide bonds. The minimum absolute atomic E-state index is 0.133. The number of carbonyl (C=O) groups excluding carboxylic acids is 2. The van der Waals surface area contributed by atoms with E-state index >= 15 is 0 Å². The van der Waals surface area contributed by atoms with Crippen LogP contribution in [-0.4, -0.2) is 55.1 Å². The molecule has 0 bridgehead atoms. The number of ether oxygens (including phenoxy) is 1. The van der Waals surface area contributed by atoms with E-state index in [1.54, 1.807) is 16.2 Å². The Kier molecular flexibility index (Phi) is 4.79. The molecule has 0 aromatic carbocycles. The average molecular weight is 282 g/mol. The summed E-state index contributed by atoms with van der Waals surface area (Å²) in [5.74, 6) is 0.133. The summed E-state index contributed by atoms with van der Waals surface area (Å²) in [5.41, 5.74) is 0. The molecule has 1 aromatic heterocycles. The topological polar surface area (TPSA) is 49.9 Å². The Hall–Kier alpha value is -1.56. The Labute approximate surface area is 116 Å². The molecule has 6 heteroatoms. The molecular weight excluding hydrogens is 264 g/mol. The van der Waals surface area contributed by atoms with Gasteiger partial charge in [0.25, 0.3) is 0 Å². The first-order chi connectivity index (χ1) is 9.20. The number of carbonyl (C=O) groups is 2. The van der Waals surface area contributed by atoms with E-state index in [2.05, 4.69) is 0 Å². The fourth-order valence-electron chi connectivity index (χ4n) is 2.15. The molecule has 2 rings (SSSR count). The van der Waals surface area contributed by atoms with Crippen LogP contribution in [0.5, 0.6) is 0 Å². The molecule has 0 spiro atoms. The Bertz CT molecular complexity index is 433. The van der Waals surface area contributed by atoms with Gasteiger partial charge in [-0.1, -0.05) is 6.07 Å².